The van der Waals surface area contributed by atoms with Crippen LogP contribution in [0.3, 0.4) is 0 Å². The molecule has 0 radical (unpaired) electrons. The van der Waals surface area contributed by atoms with Crippen molar-refractivity contribution in [2.24, 2.45) is 0 Å². The van der Waals surface area contributed by atoms with E-state index in [0.29, 0.717) is 77.7 Å². The molecule has 0 aliphatic carbocycles. The standard InChI is InChI=1S/C59H55F2IN9O8S2/c60-43-23-41(26-63)80-53(43)32-77-56-5-1-3-46(66-56)34-11-15-68(16-12-34)28-38-25-62-45-9-7-36(58(72)73)20-49(45)70(38)30-40-22-52(79-40)51-19-35(47-4-2-6-57(67-47)78-33-54-44(61)24-42(27-64)81-54)13-17-69(51)31-55-65-48-10-8-37(59(74)75)21-50(48)71(55)29-39-14-18-76-39/h1-10,20-21,23-25,34-35,39-40,51-52H,11-19,22,28-33H2,(H,72,73)(H,74,75)/q-1/t35?,39-,40-,51?,52?/m0/s1. The van der Waals surface area contributed by atoms with Gasteiger partial charge in [-0.3, -0.25) is 0 Å². The Kier molecular flexibility index (Phi) is 16.1. The van der Waals surface area contributed by atoms with Crippen molar-refractivity contribution >= 4 is 51.3 Å². The van der Waals surface area contributed by atoms with Gasteiger partial charge in [0, 0.05) is 24.8 Å². The number of carboxylic acids is 2. The van der Waals surface area contributed by atoms with Gasteiger partial charge in [-0.25, -0.2) is 13.6 Å². The molecule has 0 spiro atoms. The molecule has 22 heteroatoms. The molecule has 4 fully saturated rings. The first-order valence-corrected chi connectivity index (χ1v) is 30.9. The molecule has 5 atom stereocenters. The van der Waals surface area contributed by atoms with E-state index in [4.69, 9.17) is 33.9 Å². The number of hydrogen-bond donors (Lipinski definition) is 2. The van der Waals surface area contributed by atoms with Crippen LogP contribution in [-0.2, 0) is 35.8 Å². The van der Waals surface area contributed by atoms with E-state index in [1.807, 2.05) is 48.5 Å². The van der Waals surface area contributed by atoms with Crippen molar-refractivity contribution in [3.8, 4) is 23.9 Å². The van der Waals surface area contributed by atoms with E-state index in [2.05, 4.69) is 23.3 Å². The Morgan fingerprint density at radius 3 is 1.99 bits per heavy atom. The van der Waals surface area contributed by atoms with Gasteiger partial charge in [0.2, 0.25) is 5.88 Å². The largest absolute Gasteiger partial charge is 0.123 e. The number of pyridine rings is 2. The van der Waals surface area contributed by atoms with E-state index in [0.717, 1.165) is 106 Å². The predicted octanol–water partition coefficient (Wildman–Crippen LogP) is 6.72. The Bertz CT molecular complexity index is 3640. The van der Waals surface area contributed by atoms with Gasteiger partial charge in [0.15, 0.2) is 0 Å². The fourth-order valence-corrected chi connectivity index (χ4v) is 15.4. The minimum absolute atomic E-state index is 0.00342. The van der Waals surface area contributed by atoms with Crippen LogP contribution in [0, 0.1) is 37.9 Å². The Morgan fingerprint density at radius 2 is 1.37 bits per heavy atom. The van der Waals surface area contributed by atoms with Crippen LogP contribution in [-0.4, -0.2) is 115 Å². The molecule has 3 unspecified atom stereocenters. The zero-order valence-corrected chi connectivity index (χ0v) is 47.5. The van der Waals surface area contributed by atoms with Gasteiger partial charge in [-0.1, -0.05) is 6.07 Å². The molecule has 5 aliphatic rings. The fraction of sp³-hybridized carbons (Fsp3) is 0.373. The second-order valence-corrected chi connectivity index (χ2v) is 25.6. The van der Waals surface area contributed by atoms with E-state index >= 15 is 0 Å². The van der Waals surface area contributed by atoms with Crippen LogP contribution in [0.15, 0.2) is 94.7 Å². The maximum Gasteiger partial charge on any atom is -0.123 e. The van der Waals surface area contributed by atoms with E-state index < -0.39 is 44.8 Å². The number of ether oxygens (including phenoxy) is 4. The number of benzene rings is 2. The van der Waals surface area contributed by atoms with Gasteiger partial charge >= 0.3 is 285 Å². The summed E-state index contributed by atoms with van der Waals surface area (Å²) < 4.78 is 59.5. The van der Waals surface area contributed by atoms with Crippen LogP contribution in [0.1, 0.15) is 108 Å². The second kappa shape index (κ2) is 23.9. The van der Waals surface area contributed by atoms with E-state index in [9.17, 15) is 39.1 Å². The maximum absolute atomic E-state index is 14.6. The van der Waals surface area contributed by atoms with Crippen LogP contribution in [0.2, 0.25) is 0 Å². The Morgan fingerprint density at radius 1 is 0.741 bits per heavy atom. The molecule has 5 aliphatic heterocycles. The van der Waals surface area contributed by atoms with Crippen molar-refractivity contribution in [3.63, 3.8) is 0 Å². The van der Waals surface area contributed by atoms with Gasteiger partial charge in [-0.15, -0.1) is 22.7 Å². The van der Waals surface area contributed by atoms with Gasteiger partial charge in [-0.05, 0) is 24.6 Å². The average molecular weight is 1250 g/mol. The summed E-state index contributed by atoms with van der Waals surface area (Å²) in [5, 5.41) is 38.6. The van der Waals surface area contributed by atoms with Crippen LogP contribution in [0.5, 0.6) is 11.8 Å². The van der Waals surface area contributed by atoms with Gasteiger partial charge < -0.3 is 14.6 Å². The summed E-state index contributed by atoms with van der Waals surface area (Å²) in [4.78, 5) is 47.9. The molecule has 17 nitrogen and oxygen atoms in total. The van der Waals surface area contributed by atoms with Gasteiger partial charge in [-0.2, -0.15) is 10.5 Å². The number of aromatic nitrogens is 4. The molecule has 418 valence electrons. The number of carboxylic acid groups (broad SMARTS) is 2. The molecular formula is C59H55F2IN9O8S2-. The first-order chi connectivity index (χ1) is 39.4. The number of nitrogens with zero attached hydrogens (tertiary/aromatic N) is 9. The molecule has 4 saturated heterocycles. The molecule has 2 N–H and O–H groups in total. The van der Waals surface area contributed by atoms with Gasteiger partial charge in [0.1, 0.15) is 40.1 Å². The summed E-state index contributed by atoms with van der Waals surface area (Å²) in [6.45, 7) is 5.21. The van der Waals surface area contributed by atoms with Crippen molar-refractivity contribution in [3.05, 3.63) is 158 Å². The van der Waals surface area contributed by atoms with Crippen LogP contribution < -0.4 is 35.6 Å². The molecule has 7 aromatic rings. The number of carbonyl (C=O) groups is 2. The average Bonchev–Trinajstić information content (AvgIpc) is 4.32. The van der Waals surface area contributed by atoms with Crippen LogP contribution >= 0.6 is 22.7 Å². The molecular weight excluding hydrogens is 1190 g/mol. The number of fused-ring (bicyclic) bond motifs is 2. The maximum atomic E-state index is 14.6. The molecule has 12 rings (SSSR count). The number of hydrogen-bond acceptors (Lipinski definition) is 16. The minimum atomic E-state index is -1.01. The van der Waals surface area contributed by atoms with Crippen molar-refractivity contribution in [2.75, 3.05) is 44.2 Å². The quantitative estimate of drug-likeness (QED) is 0.0805. The molecule has 10 heterocycles. The van der Waals surface area contributed by atoms with Gasteiger partial charge in [0.25, 0.3) is 0 Å². The molecule has 0 amide bonds. The minimum Gasteiger partial charge on any atom is -0.123 e. The van der Waals surface area contributed by atoms with Crippen LogP contribution in [0.4, 0.5) is 14.5 Å². The van der Waals surface area contributed by atoms with Gasteiger partial charge in [0.05, 0.1) is 39.0 Å². The summed E-state index contributed by atoms with van der Waals surface area (Å²) in [6, 6.07) is 28.2. The first kappa shape index (κ1) is 54.7. The summed E-state index contributed by atoms with van der Waals surface area (Å²) in [6.07, 6.45) is 4.53. The number of thiophene rings is 2. The molecule has 0 saturated carbocycles. The van der Waals surface area contributed by atoms with Crippen LogP contribution in [0.25, 0.3) is 11.0 Å². The predicted molar refractivity (Wildman–Crippen MR) is 292 cm³/mol. The third-order valence-corrected chi connectivity index (χ3v) is 20.5. The summed E-state index contributed by atoms with van der Waals surface area (Å²) in [7, 11) is 0. The second-order valence-electron chi connectivity index (χ2n) is 20.9. The smallest absolute Gasteiger partial charge is 0.123 e. The molecule has 5 aromatic heterocycles. The van der Waals surface area contributed by atoms with E-state index in [1.54, 1.807) is 36.4 Å². The number of halogens is 3. The zero-order chi connectivity index (χ0) is 55.7. The zero-order valence-electron chi connectivity index (χ0n) is 43.8. The molecule has 0 bridgehead atoms. The number of anilines is 1. The Balaban J connectivity index is 0.760. The Hall–Kier alpha value is -6.90. The van der Waals surface area contributed by atoms with E-state index in [-0.39, 0.29) is 65.4 Å². The summed E-state index contributed by atoms with van der Waals surface area (Å²) >= 11 is 1.57. The summed E-state index contributed by atoms with van der Waals surface area (Å²) in [5.74, 6) is -1.11. The number of aromatic carboxylic acids is 2. The SMILES string of the molecule is N#Cc1cc(F)c(COc2cccc(C3CCN(CC4=C[I-]c5ccc(C(=O)O)cc5N4C[C@@H]4CC(C5CC(c6cccc(OCc7sc(C#N)cc7F)n6)CCN5Cc5nc6ccc(C(=O)O)cc6n5C[C@@H]5CCO5)O4)CC3)n2)s1. The first-order valence-electron chi connectivity index (χ1n) is 26.9. The van der Waals surface area contributed by atoms with Crippen molar-refractivity contribution < 1.29 is 68.7 Å². The Labute approximate surface area is 483 Å². The number of nitriles is 2. The van der Waals surface area contributed by atoms with E-state index in [1.165, 1.54) is 12.1 Å². The van der Waals surface area contributed by atoms with Crippen molar-refractivity contribution in [1.82, 2.24) is 29.3 Å². The fourth-order valence-electron chi connectivity index (χ4n) is 11.5. The van der Waals surface area contributed by atoms with Crippen molar-refractivity contribution in [2.45, 2.75) is 101 Å². The number of piperidine rings is 2. The van der Waals surface area contributed by atoms with Crippen molar-refractivity contribution in [1.29, 1.82) is 10.5 Å². The number of imidazole rings is 1. The number of rotatable bonds is 19. The third-order valence-electron chi connectivity index (χ3n) is 15.9. The number of likely N-dealkylation sites (tertiary alicyclic amines) is 2. The topological polar surface area (TPSA) is 212 Å². The summed E-state index contributed by atoms with van der Waals surface area (Å²) in [5.41, 5.74) is 5.71. The molecule has 81 heavy (non-hydrogen) atoms. The third kappa shape index (κ3) is 12.1. The normalized spacial score (nSPS) is 21.4. The molecule has 2 aromatic carbocycles. The monoisotopic (exact) mass is 1250 g/mol.